The van der Waals surface area contributed by atoms with Crippen molar-refractivity contribution in [3.63, 3.8) is 0 Å². The first kappa shape index (κ1) is 35.9. The molecule has 0 amide bonds. The van der Waals surface area contributed by atoms with E-state index in [4.69, 9.17) is 28.4 Å². The lowest BCUT2D eigenvalue weighted by atomic mass is 10.1. The molecule has 0 fully saturated rings. The summed E-state index contributed by atoms with van der Waals surface area (Å²) in [4.78, 5) is 48.9. The standard InChI is InChI=1S/C41H36O10/c1-4-38(42)49-34-18-14-27-22-31(12-11-28(27)24-34)41(45)51-36-20-16-32(26-37(36)46-3)40(44)50-35-19-15-29-23-33(17-13-30(29)25-35)48-21-9-7-6-8-10-39(43)47-5-2/h4-5,11-20,22-26H,1-2,6-10,21H2,3H3. The topological polar surface area (TPSA) is 124 Å². The van der Waals surface area contributed by atoms with Crippen LogP contribution in [0.5, 0.6) is 28.7 Å². The van der Waals surface area contributed by atoms with Crippen LogP contribution >= 0.6 is 0 Å². The predicted molar refractivity (Wildman–Crippen MR) is 192 cm³/mol. The Balaban J connectivity index is 1.15. The molecule has 0 atom stereocenters. The molecule has 0 radical (unpaired) electrons. The minimum absolute atomic E-state index is 0.125. The van der Waals surface area contributed by atoms with Gasteiger partial charge in [0.25, 0.3) is 0 Å². The predicted octanol–water partition coefficient (Wildman–Crippen LogP) is 8.55. The Morgan fingerprint density at radius 3 is 1.84 bits per heavy atom. The molecule has 10 nitrogen and oxygen atoms in total. The van der Waals surface area contributed by atoms with Crippen LogP contribution in [0.2, 0.25) is 0 Å². The molecule has 0 spiro atoms. The van der Waals surface area contributed by atoms with E-state index in [2.05, 4.69) is 13.2 Å². The smallest absolute Gasteiger partial charge is 0.343 e. The van der Waals surface area contributed by atoms with E-state index in [-0.39, 0.29) is 28.6 Å². The Labute approximate surface area is 294 Å². The summed E-state index contributed by atoms with van der Waals surface area (Å²) in [5.41, 5.74) is 0.488. The van der Waals surface area contributed by atoms with Gasteiger partial charge in [0, 0.05) is 12.5 Å². The third-order valence-electron chi connectivity index (χ3n) is 7.79. The largest absolute Gasteiger partial charge is 0.494 e. The zero-order valence-corrected chi connectivity index (χ0v) is 28.1. The molecule has 0 aromatic heterocycles. The number of ether oxygens (including phenoxy) is 6. The Kier molecular flexibility index (Phi) is 12.2. The van der Waals surface area contributed by atoms with Gasteiger partial charge in [0.05, 0.1) is 31.1 Å². The van der Waals surface area contributed by atoms with Crippen molar-refractivity contribution in [1.82, 2.24) is 0 Å². The van der Waals surface area contributed by atoms with Crippen molar-refractivity contribution in [3.05, 3.63) is 128 Å². The van der Waals surface area contributed by atoms with Gasteiger partial charge in [-0.3, -0.25) is 4.79 Å². The Morgan fingerprint density at radius 2 is 1.16 bits per heavy atom. The molecule has 0 heterocycles. The second kappa shape index (κ2) is 17.3. The first-order chi connectivity index (χ1) is 24.8. The quantitative estimate of drug-likeness (QED) is 0.0327. The molecule has 0 aliphatic heterocycles. The number of carbonyl (C=O) groups is 4. The highest BCUT2D eigenvalue weighted by Gasteiger charge is 2.17. The van der Waals surface area contributed by atoms with Crippen LogP contribution in [0.3, 0.4) is 0 Å². The minimum Gasteiger partial charge on any atom is -0.494 e. The second-order valence-corrected chi connectivity index (χ2v) is 11.3. The fraction of sp³-hybridized carbons (Fsp3) is 0.171. The van der Waals surface area contributed by atoms with E-state index in [1.807, 2.05) is 24.3 Å². The number of unbranched alkanes of at least 4 members (excludes halogenated alkanes) is 3. The molecule has 10 heteroatoms. The van der Waals surface area contributed by atoms with Crippen molar-refractivity contribution in [2.75, 3.05) is 13.7 Å². The SMILES string of the molecule is C=COC(=O)CCCCCCOc1ccc2cc(OC(=O)c3ccc(OC(=O)c4ccc5cc(OC(=O)C=C)ccc5c4)c(OC)c3)ccc2c1. The Morgan fingerprint density at radius 1 is 0.588 bits per heavy atom. The lowest BCUT2D eigenvalue weighted by molar-refractivity contribution is -0.138. The molecule has 5 rings (SSSR count). The monoisotopic (exact) mass is 688 g/mol. The fourth-order valence-corrected chi connectivity index (χ4v) is 5.20. The van der Waals surface area contributed by atoms with Crippen molar-refractivity contribution in [1.29, 1.82) is 0 Å². The molecule has 260 valence electrons. The number of esters is 4. The molecule has 5 aromatic rings. The first-order valence-corrected chi connectivity index (χ1v) is 16.2. The molecule has 0 saturated carbocycles. The van der Waals surface area contributed by atoms with Crippen LogP contribution in [-0.4, -0.2) is 37.6 Å². The molecule has 0 aliphatic rings. The van der Waals surface area contributed by atoms with Crippen LogP contribution in [0.1, 0.15) is 52.8 Å². The summed E-state index contributed by atoms with van der Waals surface area (Å²) in [6.45, 7) is 7.32. The summed E-state index contributed by atoms with van der Waals surface area (Å²) < 4.78 is 32.4. The number of methoxy groups -OCH3 is 1. The van der Waals surface area contributed by atoms with Gasteiger partial charge < -0.3 is 28.4 Å². The molecule has 0 bridgehead atoms. The van der Waals surface area contributed by atoms with Crippen molar-refractivity contribution in [3.8, 4) is 28.7 Å². The lowest BCUT2D eigenvalue weighted by Gasteiger charge is -2.12. The molecule has 5 aromatic carbocycles. The highest BCUT2D eigenvalue weighted by molar-refractivity contribution is 5.98. The summed E-state index contributed by atoms with van der Waals surface area (Å²) in [5.74, 6) is -0.334. The number of hydrogen-bond acceptors (Lipinski definition) is 10. The maximum atomic E-state index is 13.1. The van der Waals surface area contributed by atoms with Gasteiger partial charge in [-0.25, -0.2) is 14.4 Å². The third-order valence-corrected chi connectivity index (χ3v) is 7.79. The average Bonchev–Trinajstić information content (AvgIpc) is 3.14. The number of hydrogen-bond donors (Lipinski definition) is 0. The number of benzene rings is 5. The lowest BCUT2D eigenvalue weighted by Crippen LogP contribution is -2.11. The maximum absolute atomic E-state index is 13.1. The summed E-state index contributed by atoms with van der Waals surface area (Å²) in [5, 5.41) is 3.28. The summed E-state index contributed by atoms with van der Waals surface area (Å²) in [6, 6.07) is 25.4. The van der Waals surface area contributed by atoms with Gasteiger partial charge >= 0.3 is 23.9 Å². The van der Waals surface area contributed by atoms with Crippen LogP contribution in [0.4, 0.5) is 0 Å². The zero-order chi connectivity index (χ0) is 36.2. The van der Waals surface area contributed by atoms with Crippen molar-refractivity contribution < 1.29 is 47.6 Å². The number of carbonyl (C=O) groups excluding carboxylic acids is 4. The highest BCUT2D eigenvalue weighted by atomic mass is 16.6. The molecule has 51 heavy (non-hydrogen) atoms. The highest BCUT2D eigenvalue weighted by Crippen LogP contribution is 2.31. The van der Waals surface area contributed by atoms with Crippen molar-refractivity contribution in [2.24, 2.45) is 0 Å². The average molecular weight is 689 g/mol. The van der Waals surface area contributed by atoms with Crippen LogP contribution in [-0.2, 0) is 14.3 Å². The van der Waals surface area contributed by atoms with E-state index in [1.54, 1.807) is 48.5 Å². The van der Waals surface area contributed by atoms with Crippen LogP contribution in [0.15, 0.2) is 116 Å². The zero-order valence-electron chi connectivity index (χ0n) is 28.1. The molecule has 0 N–H and O–H groups in total. The first-order valence-electron chi connectivity index (χ1n) is 16.2. The van der Waals surface area contributed by atoms with E-state index in [0.717, 1.165) is 65.3 Å². The fourth-order valence-electron chi connectivity index (χ4n) is 5.20. The molecule has 0 saturated heterocycles. The molecule has 0 aliphatic carbocycles. The van der Waals surface area contributed by atoms with Gasteiger partial charge in [0.15, 0.2) is 11.5 Å². The van der Waals surface area contributed by atoms with Crippen LogP contribution < -0.4 is 23.7 Å². The van der Waals surface area contributed by atoms with Crippen molar-refractivity contribution >= 4 is 45.4 Å². The van der Waals surface area contributed by atoms with Crippen molar-refractivity contribution in [2.45, 2.75) is 32.1 Å². The van der Waals surface area contributed by atoms with E-state index in [0.29, 0.717) is 24.5 Å². The molecular weight excluding hydrogens is 652 g/mol. The van der Waals surface area contributed by atoms with Gasteiger partial charge in [-0.1, -0.05) is 50.3 Å². The van der Waals surface area contributed by atoms with Crippen LogP contribution in [0.25, 0.3) is 21.5 Å². The molecular formula is C41H36O10. The van der Waals surface area contributed by atoms with E-state index in [1.165, 1.54) is 25.3 Å². The minimum atomic E-state index is -0.627. The van der Waals surface area contributed by atoms with Gasteiger partial charge in [0.2, 0.25) is 0 Å². The normalized spacial score (nSPS) is 10.6. The summed E-state index contributed by atoms with van der Waals surface area (Å²) in [7, 11) is 1.40. The summed E-state index contributed by atoms with van der Waals surface area (Å²) >= 11 is 0. The third kappa shape index (κ3) is 9.82. The Hall–Kier alpha value is -6.42. The van der Waals surface area contributed by atoms with Gasteiger partial charge in [-0.15, -0.1) is 0 Å². The summed E-state index contributed by atoms with van der Waals surface area (Å²) in [6.07, 6.45) is 6.08. The maximum Gasteiger partial charge on any atom is 0.343 e. The number of fused-ring (bicyclic) bond motifs is 2. The van der Waals surface area contributed by atoms with Gasteiger partial charge in [-0.2, -0.15) is 0 Å². The molecule has 0 unspecified atom stereocenters. The Bertz CT molecular complexity index is 2100. The number of rotatable bonds is 16. The van der Waals surface area contributed by atoms with E-state index < -0.39 is 17.9 Å². The second-order valence-electron chi connectivity index (χ2n) is 11.3. The van der Waals surface area contributed by atoms with Gasteiger partial charge in [0.1, 0.15) is 17.2 Å². The van der Waals surface area contributed by atoms with Gasteiger partial charge in [-0.05, 0) is 101 Å². The van der Waals surface area contributed by atoms with E-state index >= 15 is 0 Å². The van der Waals surface area contributed by atoms with E-state index in [9.17, 15) is 19.2 Å². The van der Waals surface area contributed by atoms with Crippen LogP contribution in [0, 0.1) is 0 Å².